The number of anilines is 1. The van der Waals surface area contributed by atoms with Crippen molar-refractivity contribution in [3.8, 4) is 22.6 Å². The van der Waals surface area contributed by atoms with Crippen LogP contribution in [0.1, 0.15) is 36.8 Å². The van der Waals surface area contributed by atoms with E-state index in [-0.39, 0.29) is 23.7 Å². The van der Waals surface area contributed by atoms with Crippen LogP contribution in [0.15, 0.2) is 24.3 Å². The Morgan fingerprint density at radius 1 is 1.09 bits per heavy atom. The maximum atomic E-state index is 15.4. The molecule has 2 aromatic rings. The lowest BCUT2D eigenvalue weighted by Crippen LogP contribution is -2.26. The SMILES string of the molecule is COc1cc(-c2ccc(NOC(=O)C3CCOCC3)cc2COC2CC2)c(F)c(OC)c1C. The Balaban J connectivity index is 1.60. The number of hydrogen-bond donors (Lipinski definition) is 1. The van der Waals surface area contributed by atoms with Gasteiger partial charge in [0.05, 0.1) is 38.5 Å². The zero-order valence-electron chi connectivity index (χ0n) is 19.2. The van der Waals surface area contributed by atoms with Crippen LogP contribution in [0.2, 0.25) is 0 Å². The molecule has 2 aromatic carbocycles. The number of benzene rings is 2. The molecule has 2 fully saturated rings. The molecule has 2 aliphatic rings. The fourth-order valence-corrected chi connectivity index (χ4v) is 3.96. The van der Waals surface area contributed by atoms with Crippen molar-refractivity contribution in [1.82, 2.24) is 0 Å². The summed E-state index contributed by atoms with van der Waals surface area (Å²) in [6, 6.07) is 7.00. The molecule has 1 heterocycles. The predicted molar refractivity (Wildman–Crippen MR) is 121 cm³/mol. The molecule has 178 valence electrons. The van der Waals surface area contributed by atoms with Gasteiger partial charge in [-0.2, -0.15) is 0 Å². The zero-order chi connectivity index (χ0) is 23.4. The molecule has 0 amide bonds. The van der Waals surface area contributed by atoms with E-state index in [1.54, 1.807) is 32.2 Å². The first kappa shape index (κ1) is 23.3. The van der Waals surface area contributed by atoms with Crippen LogP contribution < -0.4 is 15.0 Å². The van der Waals surface area contributed by atoms with E-state index in [0.717, 1.165) is 18.4 Å². The first-order valence-electron chi connectivity index (χ1n) is 11.2. The number of carbonyl (C=O) groups is 1. The maximum Gasteiger partial charge on any atom is 0.335 e. The summed E-state index contributed by atoms with van der Waals surface area (Å²) in [7, 11) is 2.98. The lowest BCUT2D eigenvalue weighted by atomic mass is 9.96. The normalized spacial score (nSPS) is 16.4. The van der Waals surface area contributed by atoms with E-state index >= 15 is 4.39 Å². The number of carbonyl (C=O) groups excluding carboxylic acids is 1. The van der Waals surface area contributed by atoms with Gasteiger partial charge in [-0.25, -0.2) is 14.7 Å². The number of nitrogens with one attached hydrogen (secondary N) is 1. The Hall–Kier alpha value is -2.84. The van der Waals surface area contributed by atoms with Gasteiger partial charge >= 0.3 is 5.97 Å². The standard InChI is InChI=1S/C25H30FNO6/c1-15-22(29-2)13-21(23(26)24(15)30-3)20-7-4-18(12-17(20)14-32-19-5-6-19)27-33-25(28)16-8-10-31-11-9-16/h4,7,12-13,16,19,27H,5-6,8-11,14H2,1-3H3. The van der Waals surface area contributed by atoms with E-state index in [1.165, 1.54) is 7.11 Å². The topological polar surface area (TPSA) is 75.3 Å². The minimum absolute atomic E-state index is 0.144. The minimum Gasteiger partial charge on any atom is -0.496 e. The maximum absolute atomic E-state index is 15.4. The summed E-state index contributed by atoms with van der Waals surface area (Å²) in [5.41, 5.74) is 5.70. The van der Waals surface area contributed by atoms with Crippen molar-refractivity contribution in [2.24, 2.45) is 5.92 Å². The quantitative estimate of drug-likeness (QED) is 0.540. The van der Waals surface area contributed by atoms with E-state index in [0.29, 0.717) is 60.8 Å². The molecule has 1 aliphatic carbocycles. The van der Waals surface area contributed by atoms with E-state index in [9.17, 15) is 4.79 Å². The van der Waals surface area contributed by atoms with Crippen LogP contribution in [0.25, 0.3) is 11.1 Å². The first-order chi connectivity index (χ1) is 16.0. The molecule has 8 heteroatoms. The highest BCUT2D eigenvalue weighted by atomic mass is 19.1. The minimum atomic E-state index is -0.463. The molecule has 0 spiro atoms. The molecule has 0 unspecified atom stereocenters. The number of rotatable bonds is 9. The van der Waals surface area contributed by atoms with Gasteiger partial charge in [0.2, 0.25) is 0 Å². The lowest BCUT2D eigenvalue weighted by Gasteiger charge is -2.21. The third kappa shape index (κ3) is 5.39. The van der Waals surface area contributed by atoms with Crippen LogP contribution in [0, 0.1) is 18.7 Å². The molecule has 1 saturated carbocycles. The van der Waals surface area contributed by atoms with E-state index in [1.807, 2.05) is 6.07 Å². The van der Waals surface area contributed by atoms with Gasteiger partial charge in [-0.1, -0.05) is 6.07 Å². The van der Waals surface area contributed by atoms with Crippen LogP contribution >= 0.6 is 0 Å². The summed E-state index contributed by atoms with van der Waals surface area (Å²) < 4.78 is 37.3. The molecular formula is C25H30FNO6. The van der Waals surface area contributed by atoms with Gasteiger partial charge in [-0.05, 0) is 61.9 Å². The molecule has 1 aliphatic heterocycles. The first-order valence-corrected chi connectivity index (χ1v) is 11.2. The Bertz CT molecular complexity index is 1000. The molecule has 0 radical (unpaired) electrons. The molecule has 7 nitrogen and oxygen atoms in total. The van der Waals surface area contributed by atoms with Crippen molar-refractivity contribution in [2.75, 3.05) is 32.9 Å². The highest BCUT2D eigenvalue weighted by Gasteiger charge is 2.25. The van der Waals surface area contributed by atoms with Crippen LogP contribution in [0.5, 0.6) is 11.5 Å². The van der Waals surface area contributed by atoms with Crippen LogP contribution in [-0.2, 0) is 25.7 Å². The number of hydrogen-bond acceptors (Lipinski definition) is 7. The molecule has 4 rings (SSSR count). The van der Waals surface area contributed by atoms with Gasteiger partial charge in [0.25, 0.3) is 0 Å². The van der Waals surface area contributed by atoms with Gasteiger partial charge < -0.3 is 23.8 Å². The van der Waals surface area contributed by atoms with E-state index < -0.39 is 5.82 Å². The Morgan fingerprint density at radius 3 is 2.52 bits per heavy atom. The summed E-state index contributed by atoms with van der Waals surface area (Å²) in [5.74, 6) is -0.270. The summed E-state index contributed by atoms with van der Waals surface area (Å²) in [6.07, 6.45) is 3.58. The lowest BCUT2D eigenvalue weighted by molar-refractivity contribution is -0.148. The van der Waals surface area contributed by atoms with Crippen LogP contribution in [0.3, 0.4) is 0 Å². The van der Waals surface area contributed by atoms with Gasteiger partial charge in [-0.15, -0.1) is 0 Å². The Kier molecular flexibility index (Phi) is 7.35. The molecule has 1 N–H and O–H groups in total. The average molecular weight is 460 g/mol. The van der Waals surface area contributed by atoms with Gasteiger partial charge in [0, 0.05) is 24.3 Å². The van der Waals surface area contributed by atoms with Crippen LogP contribution in [-0.4, -0.2) is 39.5 Å². The van der Waals surface area contributed by atoms with Crippen molar-refractivity contribution in [2.45, 2.75) is 45.3 Å². The largest absolute Gasteiger partial charge is 0.496 e. The zero-order valence-corrected chi connectivity index (χ0v) is 19.2. The third-order valence-corrected chi connectivity index (χ3v) is 6.06. The van der Waals surface area contributed by atoms with Crippen LogP contribution in [0.4, 0.5) is 10.1 Å². The Morgan fingerprint density at radius 2 is 1.85 bits per heavy atom. The summed E-state index contributed by atoms with van der Waals surface area (Å²) in [4.78, 5) is 17.7. The van der Waals surface area contributed by atoms with Gasteiger partial charge in [0.15, 0.2) is 11.6 Å². The van der Waals surface area contributed by atoms with E-state index in [2.05, 4.69) is 5.48 Å². The molecule has 0 aromatic heterocycles. The summed E-state index contributed by atoms with van der Waals surface area (Å²) >= 11 is 0. The second-order valence-electron chi connectivity index (χ2n) is 8.39. The van der Waals surface area contributed by atoms with Crippen molar-refractivity contribution >= 4 is 11.7 Å². The summed E-state index contributed by atoms with van der Waals surface area (Å²) in [5, 5.41) is 0. The molecule has 0 bridgehead atoms. The number of halogens is 1. The molecule has 0 atom stereocenters. The monoisotopic (exact) mass is 459 g/mol. The van der Waals surface area contributed by atoms with E-state index in [4.69, 9.17) is 23.8 Å². The fraction of sp³-hybridized carbons (Fsp3) is 0.480. The van der Waals surface area contributed by atoms with Crippen molar-refractivity contribution in [3.05, 3.63) is 41.2 Å². The molecular weight excluding hydrogens is 429 g/mol. The third-order valence-electron chi connectivity index (χ3n) is 6.06. The predicted octanol–water partition coefficient (Wildman–Crippen LogP) is 4.79. The highest BCUT2D eigenvalue weighted by Crippen LogP contribution is 2.40. The second kappa shape index (κ2) is 10.4. The summed E-state index contributed by atoms with van der Waals surface area (Å²) in [6.45, 7) is 3.18. The Labute approximate surface area is 193 Å². The van der Waals surface area contributed by atoms with Gasteiger partial charge in [0.1, 0.15) is 5.75 Å². The van der Waals surface area contributed by atoms with Crippen molar-refractivity contribution in [3.63, 3.8) is 0 Å². The fourth-order valence-electron chi connectivity index (χ4n) is 3.96. The molecule has 33 heavy (non-hydrogen) atoms. The average Bonchev–Trinajstić information content (AvgIpc) is 3.67. The highest BCUT2D eigenvalue weighted by molar-refractivity contribution is 5.76. The van der Waals surface area contributed by atoms with Crippen molar-refractivity contribution in [1.29, 1.82) is 0 Å². The smallest absolute Gasteiger partial charge is 0.335 e. The molecule has 1 saturated heterocycles. The number of ether oxygens (including phenoxy) is 4. The second-order valence-corrected chi connectivity index (χ2v) is 8.39. The van der Waals surface area contributed by atoms with Gasteiger partial charge in [-0.3, -0.25) is 0 Å². The van der Waals surface area contributed by atoms with Crippen molar-refractivity contribution < 1.29 is 33.0 Å². The number of methoxy groups -OCH3 is 2.